The predicted molar refractivity (Wildman–Crippen MR) is 107 cm³/mol. The van der Waals surface area contributed by atoms with E-state index in [9.17, 15) is 8.42 Å². The first-order chi connectivity index (χ1) is 12.0. The highest BCUT2D eigenvalue weighted by molar-refractivity contribution is 9.10. The second-order valence-electron chi connectivity index (χ2n) is 5.12. The highest BCUT2D eigenvalue weighted by Gasteiger charge is 2.23. The van der Waals surface area contributed by atoms with Gasteiger partial charge in [-0.2, -0.15) is 0 Å². The monoisotopic (exact) mass is 454 g/mol. The summed E-state index contributed by atoms with van der Waals surface area (Å²) in [6.45, 7) is 0.611. The number of nitrogens with zero attached hydrogens (tertiary/aromatic N) is 1. The minimum absolute atomic E-state index is 0.179. The van der Waals surface area contributed by atoms with Crippen LogP contribution in [-0.4, -0.2) is 19.7 Å². The van der Waals surface area contributed by atoms with E-state index in [1.807, 2.05) is 36.6 Å². The van der Waals surface area contributed by atoms with Gasteiger partial charge < -0.3 is 5.32 Å². The average molecular weight is 455 g/mol. The van der Waals surface area contributed by atoms with Crippen molar-refractivity contribution >= 4 is 54.7 Å². The van der Waals surface area contributed by atoms with Gasteiger partial charge in [-0.05, 0) is 45.3 Å². The highest BCUT2D eigenvalue weighted by Crippen LogP contribution is 2.35. The Morgan fingerprint density at radius 1 is 1.24 bits per heavy atom. The van der Waals surface area contributed by atoms with Gasteiger partial charge in [0, 0.05) is 12.7 Å². The number of hydrogen-bond donors (Lipinski definition) is 1. The van der Waals surface area contributed by atoms with Crippen LogP contribution in [0, 0.1) is 0 Å². The summed E-state index contributed by atoms with van der Waals surface area (Å²) in [5.41, 5.74) is 1.12. The van der Waals surface area contributed by atoms with Crippen LogP contribution in [0.25, 0.3) is 0 Å². The summed E-state index contributed by atoms with van der Waals surface area (Å²) in [6, 6.07) is 13.2. The van der Waals surface area contributed by atoms with E-state index >= 15 is 0 Å². The SMILES string of the molecule is CSc1sccc1S(=O)(=O)c1cnc(NCc2ccccc2)c(Br)c1. The number of rotatable bonds is 6. The molecule has 0 bridgehead atoms. The molecule has 2 heterocycles. The lowest BCUT2D eigenvalue weighted by Gasteiger charge is -2.10. The molecule has 130 valence electrons. The molecule has 8 heteroatoms. The van der Waals surface area contributed by atoms with E-state index in [1.54, 1.807) is 17.5 Å². The van der Waals surface area contributed by atoms with Gasteiger partial charge in [-0.1, -0.05) is 30.3 Å². The van der Waals surface area contributed by atoms with Crippen molar-refractivity contribution < 1.29 is 8.42 Å². The van der Waals surface area contributed by atoms with Crippen LogP contribution in [0.4, 0.5) is 5.82 Å². The standard InChI is InChI=1S/C17H15BrN2O2S3/c1-23-17-15(7-8-24-17)25(21,22)13-9-14(18)16(20-11-13)19-10-12-5-3-2-4-6-12/h2-9,11H,10H2,1H3,(H,19,20). The Morgan fingerprint density at radius 3 is 2.68 bits per heavy atom. The number of thioether (sulfide) groups is 1. The lowest BCUT2D eigenvalue weighted by Crippen LogP contribution is -2.06. The molecule has 0 aliphatic carbocycles. The number of thiophene rings is 1. The summed E-state index contributed by atoms with van der Waals surface area (Å²) < 4.78 is 27.1. The number of anilines is 1. The zero-order valence-electron chi connectivity index (χ0n) is 13.3. The molecule has 0 fully saturated rings. The fourth-order valence-corrected chi connectivity index (χ4v) is 6.53. The molecule has 25 heavy (non-hydrogen) atoms. The summed E-state index contributed by atoms with van der Waals surface area (Å²) in [6.07, 6.45) is 3.27. The fourth-order valence-electron chi connectivity index (χ4n) is 2.24. The number of sulfone groups is 1. The van der Waals surface area contributed by atoms with Crippen LogP contribution in [0.5, 0.6) is 0 Å². The van der Waals surface area contributed by atoms with Crippen molar-refractivity contribution in [1.29, 1.82) is 0 Å². The first-order valence-electron chi connectivity index (χ1n) is 7.32. The molecule has 1 aromatic carbocycles. The van der Waals surface area contributed by atoms with Gasteiger partial charge in [-0.3, -0.25) is 0 Å². The molecule has 0 atom stereocenters. The molecule has 0 saturated heterocycles. The van der Waals surface area contributed by atoms with Crippen LogP contribution < -0.4 is 5.32 Å². The second kappa shape index (κ2) is 7.90. The van der Waals surface area contributed by atoms with Crippen LogP contribution in [0.15, 0.2) is 72.5 Å². The summed E-state index contributed by atoms with van der Waals surface area (Å²) in [5, 5.41) is 5.00. The van der Waals surface area contributed by atoms with E-state index in [2.05, 4.69) is 26.2 Å². The Kier molecular flexibility index (Phi) is 5.83. The van der Waals surface area contributed by atoms with Crippen LogP contribution in [0.3, 0.4) is 0 Å². The van der Waals surface area contributed by atoms with E-state index in [1.165, 1.54) is 29.3 Å². The third-order valence-corrected chi connectivity index (χ3v) is 8.21. The Morgan fingerprint density at radius 2 is 2.00 bits per heavy atom. The van der Waals surface area contributed by atoms with Gasteiger partial charge in [0.25, 0.3) is 0 Å². The van der Waals surface area contributed by atoms with Gasteiger partial charge in [-0.25, -0.2) is 13.4 Å². The molecular formula is C17H15BrN2O2S3. The molecule has 3 rings (SSSR count). The van der Waals surface area contributed by atoms with Crippen molar-refractivity contribution in [2.24, 2.45) is 0 Å². The predicted octanol–water partition coefficient (Wildman–Crippen LogP) is 5.07. The fraction of sp³-hybridized carbons (Fsp3) is 0.118. The van der Waals surface area contributed by atoms with Gasteiger partial charge in [0.2, 0.25) is 9.84 Å². The normalized spacial score (nSPS) is 11.4. The minimum Gasteiger partial charge on any atom is -0.365 e. The molecule has 0 unspecified atom stereocenters. The molecule has 4 nitrogen and oxygen atoms in total. The summed E-state index contributed by atoms with van der Waals surface area (Å²) in [7, 11) is -3.58. The largest absolute Gasteiger partial charge is 0.365 e. The van der Waals surface area contributed by atoms with Gasteiger partial charge in [-0.15, -0.1) is 23.1 Å². The maximum Gasteiger partial charge on any atom is 0.210 e. The number of halogens is 1. The zero-order chi connectivity index (χ0) is 17.9. The molecule has 0 spiro atoms. The number of benzene rings is 1. The maximum atomic E-state index is 12.8. The van der Waals surface area contributed by atoms with Crippen molar-refractivity contribution in [2.75, 3.05) is 11.6 Å². The lowest BCUT2D eigenvalue weighted by atomic mass is 10.2. The zero-order valence-corrected chi connectivity index (χ0v) is 17.3. The van der Waals surface area contributed by atoms with Crippen LogP contribution in [0.1, 0.15) is 5.56 Å². The van der Waals surface area contributed by atoms with E-state index < -0.39 is 9.84 Å². The molecule has 1 N–H and O–H groups in total. The van der Waals surface area contributed by atoms with Crippen molar-refractivity contribution in [2.45, 2.75) is 20.5 Å². The topological polar surface area (TPSA) is 59.1 Å². The van der Waals surface area contributed by atoms with Crippen LogP contribution >= 0.6 is 39.0 Å². The summed E-state index contributed by atoms with van der Waals surface area (Å²) in [4.78, 5) is 4.80. The maximum absolute atomic E-state index is 12.8. The molecular weight excluding hydrogens is 440 g/mol. The van der Waals surface area contributed by atoms with Gasteiger partial charge in [0.05, 0.1) is 18.5 Å². The van der Waals surface area contributed by atoms with Gasteiger partial charge in [0.1, 0.15) is 5.82 Å². The molecule has 2 aromatic heterocycles. The van der Waals surface area contributed by atoms with Crippen LogP contribution in [-0.2, 0) is 16.4 Å². The average Bonchev–Trinajstić information content (AvgIpc) is 3.11. The van der Waals surface area contributed by atoms with Crippen molar-refractivity contribution in [3.8, 4) is 0 Å². The van der Waals surface area contributed by atoms with Gasteiger partial charge >= 0.3 is 0 Å². The third kappa shape index (κ3) is 4.08. The first-order valence-corrected chi connectivity index (χ1v) is 11.7. The number of pyridine rings is 1. The Hall–Kier alpha value is -1.35. The highest BCUT2D eigenvalue weighted by atomic mass is 79.9. The van der Waals surface area contributed by atoms with E-state index in [0.717, 1.165) is 9.77 Å². The first kappa shape index (κ1) is 18.4. The van der Waals surface area contributed by atoms with Crippen molar-refractivity contribution in [3.05, 3.63) is 64.1 Å². The Labute approximate surface area is 163 Å². The number of aromatic nitrogens is 1. The van der Waals surface area contributed by atoms with Gasteiger partial charge in [0.15, 0.2) is 0 Å². The summed E-state index contributed by atoms with van der Waals surface area (Å²) >= 11 is 6.28. The smallest absolute Gasteiger partial charge is 0.210 e. The number of nitrogens with one attached hydrogen (secondary N) is 1. The number of hydrogen-bond acceptors (Lipinski definition) is 6. The Balaban J connectivity index is 1.84. The molecule has 0 aliphatic rings. The van der Waals surface area contributed by atoms with E-state index in [0.29, 0.717) is 21.7 Å². The Bertz CT molecular complexity index is 973. The molecule has 0 aliphatic heterocycles. The summed E-state index contributed by atoms with van der Waals surface area (Å²) in [5.74, 6) is 0.609. The van der Waals surface area contributed by atoms with Crippen molar-refractivity contribution in [1.82, 2.24) is 4.98 Å². The molecule has 0 amide bonds. The quantitative estimate of drug-likeness (QED) is 0.526. The lowest BCUT2D eigenvalue weighted by molar-refractivity contribution is 0.594. The third-order valence-electron chi connectivity index (χ3n) is 3.50. The molecule has 0 radical (unpaired) electrons. The second-order valence-corrected chi connectivity index (χ2v) is 9.88. The van der Waals surface area contributed by atoms with Crippen LogP contribution in [0.2, 0.25) is 0 Å². The molecule has 0 saturated carbocycles. The van der Waals surface area contributed by atoms with Crippen molar-refractivity contribution in [3.63, 3.8) is 0 Å². The minimum atomic E-state index is -3.58. The van der Waals surface area contributed by atoms with E-state index in [4.69, 9.17) is 0 Å². The van der Waals surface area contributed by atoms with E-state index in [-0.39, 0.29) is 4.90 Å². The molecule has 3 aromatic rings.